The summed E-state index contributed by atoms with van der Waals surface area (Å²) >= 11 is 5.95. The monoisotopic (exact) mass is 422 g/mol. The number of nitrogens with one attached hydrogen (secondary N) is 1. The van der Waals surface area contributed by atoms with E-state index in [0.29, 0.717) is 5.02 Å². The van der Waals surface area contributed by atoms with Crippen molar-refractivity contribution in [1.29, 1.82) is 0 Å². The second-order valence-corrected chi connectivity index (χ2v) is 6.92. The Morgan fingerprint density at radius 3 is 2.59 bits per heavy atom. The maximum absolute atomic E-state index is 14.8. The van der Waals surface area contributed by atoms with Gasteiger partial charge in [-0.2, -0.15) is 0 Å². The first-order valence-electron chi connectivity index (χ1n) is 8.59. The summed E-state index contributed by atoms with van der Waals surface area (Å²) in [5, 5.41) is 20.9. The number of phenolic OH excluding ortho intramolecular Hbond substituents is 1. The molecule has 2 aromatic carbocycles. The molecule has 9 heteroatoms. The van der Waals surface area contributed by atoms with Crippen molar-refractivity contribution in [3.8, 4) is 5.75 Å². The van der Waals surface area contributed by atoms with E-state index in [1.165, 1.54) is 26.0 Å². The number of aromatic hydroxyl groups is 1. The minimum atomic E-state index is -1.28. The van der Waals surface area contributed by atoms with Crippen LogP contribution in [0.25, 0.3) is 10.9 Å². The molecule has 1 heterocycles. The van der Waals surface area contributed by atoms with E-state index in [1.54, 1.807) is 12.1 Å². The third-order valence-corrected chi connectivity index (χ3v) is 5.00. The number of hydrogen-bond acceptors (Lipinski definition) is 4. The van der Waals surface area contributed by atoms with Crippen LogP contribution in [0.2, 0.25) is 5.02 Å². The minimum Gasteiger partial charge on any atom is -0.503 e. The van der Waals surface area contributed by atoms with Gasteiger partial charge in [0, 0.05) is 27.7 Å². The van der Waals surface area contributed by atoms with Crippen LogP contribution in [0.4, 0.5) is 8.78 Å². The smallest absolute Gasteiger partial charge is 0.262 e. The summed E-state index contributed by atoms with van der Waals surface area (Å²) in [6.07, 6.45) is 0. The number of amides is 1. The van der Waals surface area contributed by atoms with Crippen LogP contribution < -0.4 is 5.32 Å². The number of nitrogens with zero attached hydrogens (tertiary/aromatic N) is 1. The first kappa shape index (κ1) is 20.8. The van der Waals surface area contributed by atoms with Crippen molar-refractivity contribution in [1.82, 2.24) is 9.88 Å². The normalized spacial score (nSPS) is 12.2. The van der Waals surface area contributed by atoms with Gasteiger partial charge in [0.15, 0.2) is 17.4 Å². The molecule has 1 amide bonds. The van der Waals surface area contributed by atoms with Crippen LogP contribution in [-0.4, -0.2) is 33.3 Å². The Morgan fingerprint density at radius 2 is 1.97 bits per heavy atom. The first-order chi connectivity index (χ1) is 13.7. The van der Waals surface area contributed by atoms with Crippen molar-refractivity contribution in [3.05, 3.63) is 63.8 Å². The lowest BCUT2D eigenvalue weighted by Crippen LogP contribution is -2.29. The van der Waals surface area contributed by atoms with Gasteiger partial charge in [-0.1, -0.05) is 17.7 Å². The third-order valence-electron chi connectivity index (χ3n) is 4.76. The van der Waals surface area contributed by atoms with Gasteiger partial charge in [0.05, 0.1) is 11.4 Å². The number of aliphatic hydroxyl groups excluding tert-OH is 1. The maximum Gasteiger partial charge on any atom is 0.262 e. The van der Waals surface area contributed by atoms with Crippen LogP contribution in [0.1, 0.15) is 34.5 Å². The van der Waals surface area contributed by atoms with E-state index < -0.39 is 41.8 Å². The second kappa shape index (κ2) is 7.81. The molecule has 1 aromatic heterocycles. The topological polar surface area (TPSA) is 91.6 Å². The van der Waals surface area contributed by atoms with Crippen molar-refractivity contribution >= 4 is 34.3 Å². The van der Waals surface area contributed by atoms with Crippen LogP contribution in [0.15, 0.2) is 30.3 Å². The van der Waals surface area contributed by atoms with Crippen molar-refractivity contribution in [2.24, 2.45) is 0 Å². The molecular formula is C20H17ClF2N2O4. The second-order valence-electron chi connectivity index (χ2n) is 6.49. The third kappa shape index (κ3) is 3.45. The predicted octanol–water partition coefficient (Wildman–Crippen LogP) is 3.44. The SMILES string of the molecule is Cc1c(C(C)C(=O)NCO)c2c(F)c(O)c(F)cc2n1C(=O)c1cccc(Cl)c1. The number of phenols is 1. The highest BCUT2D eigenvalue weighted by Crippen LogP contribution is 2.38. The average molecular weight is 423 g/mol. The van der Waals surface area contributed by atoms with Gasteiger partial charge in [0.1, 0.15) is 6.73 Å². The quantitative estimate of drug-likeness (QED) is 0.562. The number of carbonyl (C=O) groups excluding carboxylic acids is 2. The highest BCUT2D eigenvalue weighted by atomic mass is 35.5. The summed E-state index contributed by atoms with van der Waals surface area (Å²) in [7, 11) is 0. The first-order valence-corrected chi connectivity index (χ1v) is 8.97. The molecule has 0 fully saturated rings. The lowest BCUT2D eigenvalue weighted by atomic mass is 9.96. The number of halogens is 3. The molecule has 0 aliphatic rings. The Hall–Kier alpha value is -2.97. The van der Waals surface area contributed by atoms with Crippen molar-refractivity contribution < 1.29 is 28.6 Å². The highest BCUT2D eigenvalue weighted by molar-refractivity contribution is 6.31. The van der Waals surface area contributed by atoms with Gasteiger partial charge in [0.25, 0.3) is 5.91 Å². The summed E-state index contributed by atoms with van der Waals surface area (Å²) < 4.78 is 30.0. The van der Waals surface area contributed by atoms with E-state index in [1.807, 2.05) is 0 Å². The molecule has 0 aliphatic carbocycles. The van der Waals surface area contributed by atoms with E-state index in [9.17, 15) is 23.5 Å². The molecule has 3 aromatic rings. The van der Waals surface area contributed by atoms with Crippen molar-refractivity contribution in [2.75, 3.05) is 6.73 Å². The zero-order valence-corrected chi connectivity index (χ0v) is 16.2. The Kier molecular flexibility index (Phi) is 5.59. The van der Waals surface area contributed by atoms with Gasteiger partial charge in [0.2, 0.25) is 5.91 Å². The molecule has 0 bridgehead atoms. The van der Waals surface area contributed by atoms with Crippen LogP contribution in [0.5, 0.6) is 5.75 Å². The van der Waals surface area contributed by atoms with Crippen molar-refractivity contribution in [2.45, 2.75) is 19.8 Å². The number of aliphatic hydroxyl groups is 1. The number of carbonyl (C=O) groups is 2. The Labute approximate surface area is 169 Å². The fourth-order valence-electron chi connectivity index (χ4n) is 3.42. The number of benzene rings is 2. The molecule has 0 saturated heterocycles. The Morgan fingerprint density at radius 1 is 1.28 bits per heavy atom. The fourth-order valence-corrected chi connectivity index (χ4v) is 3.61. The molecule has 1 unspecified atom stereocenters. The van der Waals surface area contributed by atoms with E-state index in [0.717, 1.165) is 10.6 Å². The summed E-state index contributed by atoms with van der Waals surface area (Å²) in [4.78, 5) is 25.4. The van der Waals surface area contributed by atoms with E-state index in [-0.39, 0.29) is 27.7 Å². The van der Waals surface area contributed by atoms with Gasteiger partial charge in [-0.3, -0.25) is 14.2 Å². The zero-order valence-electron chi connectivity index (χ0n) is 15.5. The number of aromatic nitrogens is 1. The summed E-state index contributed by atoms with van der Waals surface area (Å²) in [6, 6.07) is 6.87. The zero-order chi connectivity index (χ0) is 21.5. The summed E-state index contributed by atoms with van der Waals surface area (Å²) in [5.74, 6) is -5.97. The highest BCUT2D eigenvalue weighted by Gasteiger charge is 2.30. The molecule has 152 valence electrons. The maximum atomic E-state index is 14.8. The van der Waals surface area contributed by atoms with Crippen LogP contribution in [0, 0.1) is 18.6 Å². The van der Waals surface area contributed by atoms with E-state index in [4.69, 9.17) is 16.7 Å². The molecule has 0 aliphatic heterocycles. The van der Waals surface area contributed by atoms with Gasteiger partial charge in [-0.15, -0.1) is 0 Å². The predicted molar refractivity (Wildman–Crippen MR) is 103 cm³/mol. The van der Waals surface area contributed by atoms with Crippen LogP contribution in [0.3, 0.4) is 0 Å². The van der Waals surface area contributed by atoms with Crippen LogP contribution >= 0.6 is 11.6 Å². The van der Waals surface area contributed by atoms with Gasteiger partial charge < -0.3 is 15.5 Å². The Bertz CT molecular complexity index is 1140. The summed E-state index contributed by atoms with van der Waals surface area (Å²) in [6.45, 7) is 2.29. The molecule has 0 spiro atoms. The molecule has 3 N–H and O–H groups in total. The van der Waals surface area contributed by atoms with Crippen molar-refractivity contribution in [3.63, 3.8) is 0 Å². The average Bonchev–Trinajstić information content (AvgIpc) is 2.97. The molecule has 1 atom stereocenters. The lowest BCUT2D eigenvalue weighted by molar-refractivity contribution is -0.123. The standard InChI is InChI=1S/C20H17ClF2N2O4/c1-9(19(28)24-8-26)15-10(2)25(20(29)11-4-3-5-12(21)6-11)14-7-13(22)18(27)17(23)16(14)15/h3-7,9,26-27H,8H2,1-2H3,(H,24,28). The fraction of sp³-hybridized carbons (Fsp3) is 0.200. The van der Waals surface area contributed by atoms with E-state index in [2.05, 4.69) is 5.32 Å². The number of rotatable bonds is 4. The molecule has 0 radical (unpaired) electrons. The number of hydrogen-bond donors (Lipinski definition) is 3. The largest absolute Gasteiger partial charge is 0.503 e. The minimum absolute atomic E-state index is 0.0918. The number of fused-ring (bicyclic) bond motifs is 1. The van der Waals surface area contributed by atoms with Gasteiger partial charge in [-0.25, -0.2) is 8.78 Å². The molecular weight excluding hydrogens is 406 g/mol. The van der Waals surface area contributed by atoms with Crippen LogP contribution in [-0.2, 0) is 4.79 Å². The Balaban J connectivity index is 2.35. The van der Waals surface area contributed by atoms with Gasteiger partial charge >= 0.3 is 0 Å². The summed E-state index contributed by atoms with van der Waals surface area (Å²) in [5.41, 5.74) is 0.313. The van der Waals surface area contributed by atoms with Gasteiger partial charge in [-0.05, 0) is 37.6 Å². The van der Waals surface area contributed by atoms with E-state index >= 15 is 0 Å². The lowest BCUT2D eigenvalue weighted by Gasteiger charge is -2.13. The molecule has 29 heavy (non-hydrogen) atoms. The molecule has 3 rings (SSSR count). The molecule has 0 saturated carbocycles. The molecule has 6 nitrogen and oxygen atoms in total.